The molecule has 0 saturated heterocycles. The Kier molecular flexibility index (Phi) is 3.95. The van der Waals surface area contributed by atoms with Gasteiger partial charge in [0.05, 0.1) is 53.0 Å². The predicted octanol–water partition coefficient (Wildman–Crippen LogP) is 8.09. The van der Waals surface area contributed by atoms with Crippen LogP contribution in [0, 0.1) is 0 Å². The molecule has 166 valence electrons. The van der Waals surface area contributed by atoms with Gasteiger partial charge in [0.25, 0.3) is 0 Å². The van der Waals surface area contributed by atoms with Crippen LogP contribution in [0.4, 0.5) is 0 Å². The minimum atomic E-state index is 0.460. The highest BCUT2D eigenvalue weighted by atomic mass is 32.2. The lowest BCUT2D eigenvalue weighted by Crippen LogP contribution is -2.01. The number of aromatic nitrogens is 4. The van der Waals surface area contributed by atoms with Crippen molar-refractivity contribution in [2.24, 2.45) is 0 Å². The van der Waals surface area contributed by atoms with Crippen LogP contribution >= 0.6 is 47.0 Å². The number of fused-ring (bicyclic) bond motifs is 10. The van der Waals surface area contributed by atoms with Crippen LogP contribution in [-0.4, -0.2) is 19.9 Å². The Morgan fingerprint density at radius 2 is 0.914 bits per heavy atom. The molecule has 2 aromatic heterocycles. The molecular formula is C27H14N4S4. The van der Waals surface area contributed by atoms with Crippen LogP contribution in [0.3, 0.4) is 0 Å². The Bertz CT molecular complexity index is 1730. The number of nitrogens with zero attached hydrogens (tertiary/aromatic N) is 4. The first kappa shape index (κ1) is 19.6. The lowest BCUT2D eigenvalue weighted by molar-refractivity contribution is 0.791. The Morgan fingerprint density at radius 3 is 1.34 bits per heavy atom. The van der Waals surface area contributed by atoms with E-state index < -0.39 is 0 Å². The minimum absolute atomic E-state index is 0.460. The Morgan fingerprint density at radius 1 is 0.514 bits per heavy atom. The van der Waals surface area contributed by atoms with E-state index in [0.717, 1.165) is 39.5 Å². The second kappa shape index (κ2) is 7.03. The molecule has 0 saturated carbocycles. The van der Waals surface area contributed by atoms with Gasteiger partial charge in [-0.05, 0) is 42.8 Å². The molecule has 2 atom stereocenters. The first-order valence-electron chi connectivity index (χ1n) is 11.5. The third-order valence-corrected chi connectivity index (χ3v) is 12.5. The van der Waals surface area contributed by atoms with Gasteiger partial charge in [-0.15, -0.1) is 0 Å². The molecule has 2 unspecified atom stereocenters. The van der Waals surface area contributed by atoms with E-state index in [1.807, 2.05) is 71.3 Å². The largest absolute Gasteiger partial charge is 0.249 e. The van der Waals surface area contributed by atoms with Crippen LogP contribution < -0.4 is 0 Å². The van der Waals surface area contributed by atoms with E-state index in [0.29, 0.717) is 11.8 Å². The molecule has 8 heteroatoms. The van der Waals surface area contributed by atoms with Gasteiger partial charge < -0.3 is 0 Å². The molecule has 5 aromatic rings. The number of thioether (sulfide) groups is 4. The number of hydrogen-bond acceptors (Lipinski definition) is 8. The summed E-state index contributed by atoms with van der Waals surface area (Å²) in [6, 6.07) is 16.9. The van der Waals surface area contributed by atoms with Gasteiger partial charge in [-0.3, -0.25) is 0 Å². The maximum atomic E-state index is 5.05. The van der Waals surface area contributed by atoms with Crippen molar-refractivity contribution in [3.05, 3.63) is 80.5 Å². The summed E-state index contributed by atoms with van der Waals surface area (Å²) in [6.07, 6.45) is 5.75. The SMILES string of the molecule is C1=CC2CC1c1nc3cc4c(cc3nc12)SC(=C1Sc2cc3nc5ccccc5nc3cc2S1)S4. The van der Waals surface area contributed by atoms with Gasteiger partial charge in [-0.25, -0.2) is 19.9 Å². The highest BCUT2D eigenvalue weighted by Crippen LogP contribution is 2.62. The summed E-state index contributed by atoms with van der Waals surface area (Å²) in [5, 5.41) is 0. The van der Waals surface area contributed by atoms with Crippen molar-refractivity contribution < 1.29 is 0 Å². The van der Waals surface area contributed by atoms with Crippen LogP contribution in [0.5, 0.6) is 0 Å². The fourth-order valence-corrected chi connectivity index (χ4v) is 10.7. The Labute approximate surface area is 217 Å². The molecule has 9 rings (SSSR count). The van der Waals surface area contributed by atoms with Crippen molar-refractivity contribution in [1.29, 1.82) is 0 Å². The Hall–Kier alpha value is -2.52. The van der Waals surface area contributed by atoms with E-state index in [2.05, 4.69) is 36.4 Å². The first-order valence-corrected chi connectivity index (χ1v) is 14.7. The van der Waals surface area contributed by atoms with Crippen LogP contribution in [0.15, 0.2) is 88.7 Å². The molecule has 0 radical (unpaired) electrons. The van der Waals surface area contributed by atoms with E-state index in [1.54, 1.807) is 0 Å². The fraction of sp³-hybridized carbons (Fsp3) is 0.111. The van der Waals surface area contributed by atoms with E-state index in [1.165, 1.54) is 39.4 Å². The van der Waals surface area contributed by atoms with Crippen molar-refractivity contribution in [2.75, 3.05) is 0 Å². The van der Waals surface area contributed by atoms with Crippen molar-refractivity contribution in [1.82, 2.24) is 19.9 Å². The highest BCUT2D eigenvalue weighted by molar-refractivity contribution is 8.30. The highest BCUT2D eigenvalue weighted by Gasteiger charge is 2.36. The lowest BCUT2D eigenvalue weighted by Gasteiger charge is -2.10. The smallest absolute Gasteiger partial charge is 0.0906 e. The molecule has 3 aromatic carbocycles. The summed E-state index contributed by atoms with van der Waals surface area (Å²) in [7, 11) is 0. The average Bonchev–Trinajstić information content (AvgIpc) is 3.66. The van der Waals surface area contributed by atoms with Gasteiger partial charge in [-0.1, -0.05) is 71.3 Å². The molecule has 35 heavy (non-hydrogen) atoms. The Balaban J connectivity index is 1.09. The van der Waals surface area contributed by atoms with Crippen LogP contribution in [0.1, 0.15) is 29.6 Å². The first-order chi connectivity index (χ1) is 17.2. The maximum Gasteiger partial charge on any atom is 0.0906 e. The van der Waals surface area contributed by atoms with Crippen LogP contribution in [0.2, 0.25) is 0 Å². The van der Waals surface area contributed by atoms with Gasteiger partial charge in [0.15, 0.2) is 0 Å². The van der Waals surface area contributed by atoms with Gasteiger partial charge >= 0.3 is 0 Å². The summed E-state index contributed by atoms with van der Waals surface area (Å²) in [6.45, 7) is 0. The van der Waals surface area contributed by atoms with Crippen LogP contribution in [0.25, 0.3) is 33.1 Å². The number of para-hydroxylation sites is 2. The molecule has 4 nitrogen and oxygen atoms in total. The predicted molar refractivity (Wildman–Crippen MR) is 146 cm³/mol. The third-order valence-electron chi connectivity index (χ3n) is 6.95. The van der Waals surface area contributed by atoms with Crippen molar-refractivity contribution in [3.63, 3.8) is 0 Å². The lowest BCUT2D eigenvalue weighted by atomic mass is 10.1. The van der Waals surface area contributed by atoms with E-state index in [-0.39, 0.29) is 0 Å². The van der Waals surface area contributed by atoms with E-state index >= 15 is 0 Å². The molecule has 0 N–H and O–H groups in total. The van der Waals surface area contributed by atoms with Crippen molar-refractivity contribution >= 4 is 80.1 Å². The second-order valence-electron chi connectivity index (χ2n) is 9.10. The van der Waals surface area contributed by atoms with Gasteiger partial charge in [0.2, 0.25) is 0 Å². The third kappa shape index (κ3) is 2.88. The molecule has 4 aliphatic rings. The zero-order chi connectivity index (χ0) is 22.7. The molecule has 2 aliphatic heterocycles. The van der Waals surface area contributed by atoms with Crippen molar-refractivity contribution in [3.8, 4) is 0 Å². The minimum Gasteiger partial charge on any atom is -0.249 e. The van der Waals surface area contributed by atoms with Crippen molar-refractivity contribution in [2.45, 2.75) is 37.8 Å². The monoisotopic (exact) mass is 522 g/mol. The quantitative estimate of drug-likeness (QED) is 0.149. The van der Waals surface area contributed by atoms with Gasteiger partial charge in [0.1, 0.15) is 0 Å². The molecule has 0 spiro atoms. The molecule has 0 fully saturated rings. The number of allylic oxidation sites excluding steroid dienone is 2. The van der Waals surface area contributed by atoms with Gasteiger partial charge in [-0.2, -0.15) is 0 Å². The number of rotatable bonds is 0. The zero-order valence-corrected chi connectivity index (χ0v) is 21.3. The topological polar surface area (TPSA) is 51.6 Å². The summed E-state index contributed by atoms with van der Waals surface area (Å²) < 4.78 is 2.67. The normalized spacial score (nSPS) is 21.5. The van der Waals surface area contributed by atoms with Gasteiger partial charge in [0, 0.05) is 31.4 Å². The molecular weight excluding hydrogens is 509 g/mol. The second-order valence-corrected chi connectivity index (χ2v) is 13.8. The number of benzene rings is 3. The zero-order valence-electron chi connectivity index (χ0n) is 18.1. The van der Waals surface area contributed by atoms with E-state index in [4.69, 9.17) is 19.9 Å². The summed E-state index contributed by atoms with van der Waals surface area (Å²) >= 11 is 7.42. The molecule has 0 amide bonds. The summed E-state index contributed by atoms with van der Waals surface area (Å²) in [5.41, 5.74) is 8.22. The van der Waals surface area contributed by atoms with E-state index in [9.17, 15) is 0 Å². The summed E-state index contributed by atoms with van der Waals surface area (Å²) in [4.78, 5) is 24.9. The fourth-order valence-electron chi connectivity index (χ4n) is 5.30. The molecule has 4 heterocycles. The number of hydrogen-bond donors (Lipinski definition) is 0. The van der Waals surface area contributed by atoms with Crippen LogP contribution in [-0.2, 0) is 0 Å². The average molecular weight is 523 g/mol. The molecule has 2 aliphatic carbocycles. The standard InChI is InChI=1S/C27H14N4S4/c1-2-4-15-14(3-1)28-16-8-20-21(9-17(16)29-15)33-26(32-20)27-34-22-10-18-19(11-23(22)35-27)31-25-13-6-5-12(7-13)24(25)30-18/h1-6,8-13H,7H2. The summed E-state index contributed by atoms with van der Waals surface area (Å²) in [5.74, 6) is 0.920. The molecule has 2 bridgehead atoms. The maximum absolute atomic E-state index is 5.05.